The van der Waals surface area contributed by atoms with Gasteiger partial charge in [0.05, 0.1) is 5.60 Å². The van der Waals surface area contributed by atoms with Crippen LogP contribution in [0.3, 0.4) is 0 Å². The van der Waals surface area contributed by atoms with Crippen LogP contribution in [0.4, 0.5) is 10.1 Å². The first-order chi connectivity index (χ1) is 12.9. The molecule has 1 aliphatic heterocycles. The van der Waals surface area contributed by atoms with Crippen LogP contribution >= 0.6 is 0 Å². The standard InChI is InChI=1S/C22H25FN2O2/c1-15(26)24-20-8-2-16(3-9-20)12-25-13-17-10-11-22(27,21(17)14-25)18-4-6-19(23)7-5-18/h2-9,17,21,27H,10-14H2,1H3,(H,24,26)/t17-,21-,22+/m0/s1. The summed E-state index contributed by atoms with van der Waals surface area (Å²) in [5.41, 5.74) is 1.96. The van der Waals surface area contributed by atoms with E-state index in [-0.39, 0.29) is 17.6 Å². The van der Waals surface area contributed by atoms with Gasteiger partial charge in [0.1, 0.15) is 5.82 Å². The van der Waals surface area contributed by atoms with Gasteiger partial charge in [-0.15, -0.1) is 0 Å². The molecule has 2 aliphatic rings. The van der Waals surface area contributed by atoms with Crippen molar-refractivity contribution in [2.24, 2.45) is 11.8 Å². The van der Waals surface area contributed by atoms with Gasteiger partial charge in [-0.3, -0.25) is 9.69 Å². The molecule has 4 rings (SSSR count). The van der Waals surface area contributed by atoms with E-state index in [4.69, 9.17) is 0 Å². The second-order valence-corrected chi connectivity index (χ2v) is 7.91. The molecule has 0 radical (unpaired) electrons. The molecule has 1 heterocycles. The molecule has 27 heavy (non-hydrogen) atoms. The minimum Gasteiger partial charge on any atom is -0.385 e. The molecule has 2 aromatic carbocycles. The van der Waals surface area contributed by atoms with Gasteiger partial charge in [0.2, 0.25) is 5.91 Å². The number of benzene rings is 2. The van der Waals surface area contributed by atoms with E-state index in [1.807, 2.05) is 24.3 Å². The van der Waals surface area contributed by atoms with Gasteiger partial charge in [-0.05, 0) is 54.2 Å². The number of hydrogen-bond acceptors (Lipinski definition) is 3. The number of likely N-dealkylation sites (tertiary alicyclic amines) is 1. The quantitative estimate of drug-likeness (QED) is 0.868. The van der Waals surface area contributed by atoms with E-state index in [1.54, 1.807) is 12.1 Å². The third kappa shape index (κ3) is 3.62. The van der Waals surface area contributed by atoms with Gasteiger partial charge in [-0.2, -0.15) is 0 Å². The first kappa shape index (κ1) is 18.1. The van der Waals surface area contributed by atoms with Gasteiger partial charge >= 0.3 is 0 Å². The summed E-state index contributed by atoms with van der Waals surface area (Å²) in [5.74, 6) is 0.308. The zero-order valence-corrected chi connectivity index (χ0v) is 15.5. The van der Waals surface area contributed by atoms with E-state index in [0.29, 0.717) is 5.92 Å². The molecule has 2 N–H and O–H groups in total. The molecule has 5 heteroatoms. The Morgan fingerprint density at radius 3 is 2.56 bits per heavy atom. The lowest BCUT2D eigenvalue weighted by molar-refractivity contribution is -0.114. The summed E-state index contributed by atoms with van der Waals surface area (Å²) in [7, 11) is 0. The third-order valence-electron chi connectivity index (χ3n) is 6.05. The van der Waals surface area contributed by atoms with Crippen molar-refractivity contribution in [3.8, 4) is 0 Å². The number of fused-ring (bicyclic) bond motifs is 1. The van der Waals surface area contributed by atoms with Gasteiger partial charge in [-0.1, -0.05) is 24.3 Å². The maximum absolute atomic E-state index is 13.3. The van der Waals surface area contributed by atoms with Gasteiger partial charge in [0, 0.05) is 38.2 Å². The summed E-state index contributed by atoms with van der Waals surface area (Å²) in [6.45, 7) is 4.14. The minimum atomic E-state index is -0.859. The van der Waals surface area contributed by atoms with Crippen molar-refractivity contribution in [3.63, 3.8) is 0 Å². The van der Waals surface area contributed by atoms with Crippen LogP contribution in [-0.4, -0.2) is 29.0 Å². The largest absolute Gasteiger partial charge is 0.385 e. The monoisotopic (exact) mass is 368 g/mol. The van der Waals surface area contributed by atoms with Crippen LogP contribution in [0.25, 0.3) is 0 Å². The van der Waals surface area contributed by atoms with Crippen molar-refractivity contribution in [3.05, 3.63) is 65.5 Å². The Kier molecular flexibility index (Phi) is 4.74. The molecule has 0 aromatic heterocycles. The van der Waals surface area contributed by atoms with E-state index in [2.05, 4.69) is 10.2 Å². The normalized spacial score (nSPS) is 27.5. The van der Waals surface area contributed by atoms with Crippen molar-refractivity contribution in [2.75, 3.05) is 18.4 Å². The van der Waals surface area contributed by atoms with Crippen LogP contribution in [0.2, 0.25) is 0 Å². The molecule has 0 unspecified atom stereocenters. The predicted molar refractivity (Wildman–Crippen MR) is 103 cm³/mol. The summed E-state index contributed by atoms with van der Waals surface area (Å²) < 4.78 is 13.3. The number of carbonyl (C=O) groups excluding carboxylic acids is 1. The molecule has 1 saturated heterocycles. The Morgan fingerprint density at radius 2 is 1.89 bits per heavy atom. The maximum Gasteiger partial charge on any atom is 0.221 e. The smallest absolute Gasteiger partial charge is 0.221 e. The molecule has 1 saturated carbocycles. The molecule has 1 amide bonds. The summed E-state index contributed by atoms with van der Waals surface area (Å²) in [5, 5.41) is 14.1. The highest BCUT2D eigenvalue weighted by Crippen LogP contribution is 2.50. The van der Waals surface area contributed by atoms with Crippen molar-refractivity contribution >= 4 is 11.6 Å². The van der Waals surface area contributed by atoms with Crippen molar-refractivity contribution in [1.82, 2.24) is 4.90 Å². The molecule has 3 atom stereocenters. The minimum absolute atomic E-state index is 0.0739. The van der Waals surface area contributed by atoms with Crippen molar-refractivity contribution < 1.29 is 14.3 Å². The number of amides is 1. The van der Waals surface area contributed by atoms with Crippen LogP contribution in [0.15, 0.2) is 48.5 Å². The summed E-state index contributed by atoms with van der Waals surface area (Å²) in [4.78, 5) is 13.5. The summed E-state index contributed by atoms with van der Waals surface area (Å²) in [6, 6.07) is 14.2. The molecule has 0 bridgehead atoms. The predicted octanol–water partition coefficient (Wildman–Crippen LogP) is 3.51. The fraction of sp³-hybridized carbons (Fsp3) is 0.409. The highest BCUT2D eigenvalue weighted by molar-refractivity contribution is 5.88. The Morgan fingerprint density at radius 1 is 1.19 bits per heavy atom. The molecule has 2 fully saturated rings. The van der Waals surface area contributed by atoms with Gasteiger partial charge < -0.3 is 10.4 Å². The molecule has 0 spiro atoms. The third-order valence-corrected chi connectivity index (χ3v) is 6.05. The average Bonchev–Trinajstić information content (AvgIpc) is 3.17. The summed E-state index contributed by atoms with van der Waals surface area (Å²) in [6.07, 6.45) is 1.74. The Hall–Kier alpha value is -2.24. The van der Waals surface area contributed by atoms with Crippen LogP contribution in [0.1, 0.15) is 30.9 Å². The number of halogens is 1. The van der Waals surface area contributed by atoms with Crippen LogP contribution < -0.4 is 5.32 Å². The molecular weight excluding hydrogens is 343 g/mol. The van der Waals surface area contributed by atoms with E-state index in [0.717, 1.165) is 43.7 Å². The van der Waals surface area contributed by atoms with Gasteiger partial charge in [0.15, 0.2) is 0 Å². The molecule has 1 aliphatic carbocycles. The number of carbonyl (C=O) groups is 1. The number of nitrogens with one attached hydrogen (secondary N) is 1. The van der Waals surface area contributed by atoms with E-state index >= 15 is 0 Å². The average molecular weight is 368 g/mol. The number of nitrogens with zero attached hydrogens (tertiary/aromatic N) is 1. The molecule has 2 aromatic rings. The van der Waals surface area contributed by atoms with Crippen LogP contribution in [0.5, 0.6) is 0 Å². The Balaban J connectivity index is 1.43. The lowest BCUT2D eigenvalue weighted by Crippen LogP contribution is -2.34. The second-order valence-electron chi connectivity index (χ2n) is 7.91. The number of rotatable bonds is 4. The van der Waals surface area contributed by atoms with Crippen LogP contribution in [0, 0.1) is 17.7 Å². The second kappa shape index (κ2) is 7.06. The first-order valence-electron chi connectivity index (χ1n) is 9.51. The Labute approximate surface area is 159 Å². The van der Waals surface area contributed by atoms with Crippen molar-refractivity contribution in [2.45, 2.75) is 31.9 Å². The fourth-order valence-electron chi connectivity index (χ4n) is 4.77. The first-order valence-corrected chi connectivity index (χ1v) is 9.51. The van der Waals surface area contributed by atoms with Crippen LogP contribution in [-0.2, 0) is 16.9 Å². The number of anilines is 1. The fourth-order valence-corrected chi connectivity index (χ4v) is 4.77. The number of hydrogen-bond donors (Lipinski definition) is 2. The molecule has 4 nitrogen and oxygen atoms in total. The highest BCUT2D eigenvalue weighted by Gasteiger charge is 2.52. The van der Waals surface area contributed by atoms with Crippen molar-refractivity contribution in [1.29, 1.82) is 0 Å². The maximum atomic E-state index is 13.3. The van der Waals surface area contributed by atoms with E-state index in [1.165, 1.54) is 24.6 Å². The topological polar surface area (TPSA) is 52.6 Å². The molecular formula is C22H25FN2O2. The zero-order valence-electron chi connectivity index (χ0n) is 15.5. The van der Waals surface area contributed by atoms with E-state index in [9.17, 15) is 14.3 Å². The van der Waals surface area contributed by atoms with Gasteiger partial charge in [-0.25, -0.2) is 4.39 Å². The van der Waals surface area contributed by atoms with E-state index < -0.39 is 5.60 Å². The lowest BCUT2D eigenvalue weighted by atomic mass is 9.82. The number of aliphatic hydroxyl groups is 1. The Bertz CT molecular complexity index is 821. The molecule has 142 valence electrons. The highest BCUT2D eigenvalue weighted by atomic mass is 19.1. The van der Waals surface area contributed by atoms with Gasteiger partial charge in [0.25, 0.3) is 0 Å². The zero-order chi connectivity index (χ0) is 19.0. The SMILES string of the molecule is CC(=O)Nc1ccc(CN2C[C@@H]3CC[C@@](O)(c4ccc(F)cc4)[C@H]3C2)cc1. The lowest BCUT2D eigenvalue weighted by Gasteiger charge is -2.31. The summed E-state index contributed by atoms with van der Waals surface area (Å²) >= 11 is 0.